The Labute approximate surface area is 126 Å². The molecule has 0 bridgehead atoms. The summed E-state index contributed by atoms with van der Waals surface area (Å²) in [5.74, 6) is 0. The first-order chi connectivity index (χ1) is 9.65. The van der Waals surface area contributed by atoms with Crippen molar-refractivity contribution in [2.45, 2.75) is 19.9 Å². The van der Waals surface area contributed by atoms with Crippen molar-refractivity contribution in [3.8, 4) is 0 Å². The van der Waals surface area contributed by atoms with E-state index in [1.54, 1.807) is 16.0 Å². The van der Waals surface area contributed by atoms with Crippen molar-refractivity contribution in [3.05, 3.63) is 39.9 Å². The molecule has 0 saturated heterocycles. The van der Waals surface area contributed by atoms with Gasteiger partial charge in [-0.3, -0.25) is 9.08 Å². The van der Waals surface area contributed by atoms with Gasteiger partial charge in [-0.1, -0.05) is 11.6 Å². The van der Waals surface area contributed by atoms with Crippen molar-refractivity contribution in [3.63, 3.8) is 0 Å². The second-order valence-corrected chi connectivity index (χ2v) is 5.96. The van der Waals surface area contributed by atoms with Crippen LogP contribution in [0, 0.1) is 6.92 Å². The molecule has 0 aromatic carbocycles. The van der Waals surface area contributed by atoms with Crippen molar-refractivity contribution in [2.75, 3.05) is 6.54 Å². The molecule has 7 heteroatoms. The molecule has 0 radical (unpaired) electrons. The topological polar surface area (TPSA) is 47.2 Å². The van der Waals surface area contributed by atoms with Gasteiger partial charge in [0.2, 0.25) is 0 Å². The van der Waals surface area contributed by atoms with Crippen LogP contribution in [0.3, 0.4) is 0 Å². The third-order valence-electron chi connectivity index (χ3n) is 3.27. The van der Waals surface area contributed by atoms with Crippen LogP contribution in [-0.2, 0) is 20.0 Å². The van der Waals surface area contributed by atoms with Crippen LogP contribution in [0.4, 0.5) is 0 Å². The Morgan fingerprint density at radius 1 is 1.45 bits per heavy atom. The monoisotopic (exact) mass is 309 g/mol. The maximum atomic E-state index is 6.19. The molecular weight excluding hydrogens is 294 g/mol. The van der Waals surface area contributed by atoms with E-state index in [-0.39, 0.29) is 0 Å². The Balaban J connectivity index is 1.54. The van der Waals surface area contributed by atoms with Crippen LogP contribution < -0.4 is 5.32 Å². The second-order valence-electron chi connectivity index (χ2n) is 4.73. The first kappa shape index (κ1) is 13.6. The van der Waals surface area contributed by atoms with Gasteiger partial charge in [0.1, 0.15) is 5.15 Å². The number of halogens is 1. The zero-order valence-electron chi connectivity index (χ0n) is 11.4. The molecule has 0 unspecified atom stereocenters. The second kappa shape index (κ2) is 5.55. The lowest BCUT2D eigenvalue weighted by Gasteiger charge is -2.03. The van der Waals surface area contributed by atoms with E-state index >= 15 is 0 Å². The fourth-order valence-corrected chi connectivity index (χ4v) is 3.16. The molecule has 0 spiro atoms. The first-order valence-corrected chi connectivity index (χ1v) is 7.70. The van der Waals surface area contributed by atoms with Gasteiger partial charge in [-0.2, -0.15) is 5.10 Å². The minimum absolute atomic E-state index is 0.706. The average molecular weight is 310 g/mol. The number of hydrogen-bond acceptors (Lipinski definition) is 4. The van der Waals surface area contributed by atoms with Crippen LogP contribution in [-0.4, -0.2) is 25.7 Å². The zero-order chi connectivity index (χ0) is 14.1. The molecule has 0 amide bonds. The maximum Gasteiger partial charge on any atom is 0.193 e. The highest BCUT2D eigenvalue weighted by Gasteiger charge is 2.10. The number of rotatable bonds is 5. The summed E-state index contributed by atoms with van der Waals surface area (Å²) in [7, 11) is 1.86. The number of thiazole rings is 1. The van der Waals surface area contributed by atoms with Crippen LogP contribution in [0.25, 0.3) is 4.96 Å². The van der Waals surface area contributed by atoms with Gasteiger partial charge in [0, 0.05) is 49.9 Å². The SMILES string of the molecule is Cc1nn(C)c(Cl)c1CNCCc1cn2ccsc2n1. The summed E-state index contributed by atoms with van der Waals surface area (Å²) in [6.07, 6.45) is 5.02. The number of hydrogen-bond donors (Lipinski definition) is 1. The minimum atomic E-state index is 0.706. The highest BCUT2D eigenvalue weighted by molar-refractivity contribution is 7.15. The van der Waals surface area contributed by atoms with Gasteiger partial charge in [-0.25, -0.2) is 4.98 Å². The predicted molar refractivity (Wildman–Crippen MR) is 81.4 cm³/mol. The summed E-state index contributed by atoms with van der Waals surface area (Å²) >= 11 is 7.85. The Morgan fingerprint density at radius 2 is 2.30 bits per heavy atom. The molecule has 3 aromatic heterocycles. The molecular formula is C13H16ClN5S. The van der Waals surface area contributed by atoms with Crippen molar-refractivity contribution in [1.82, 2.24) is 24.5 Å². The largest absolute Gasteiger partial charge is 0.312 e. The quantitative estimate of drug-likeness (QED) is 0.736. The minimum Gasteiger partial charge on any atom is -0.312 e. The molecule has 3 aromatic rings. The normalized spacial score (nSPS) is 11.6. The molecule has 3 rings (SSSR count). The van der Waals surface area contributed by atoms with Crippen LogP contribution in [0.2, 0.25) is 5.15 Å². The van der Waals surface area contributed by atoms with Crippen molar-refractivity contribution < 1.29 is 0 Å². The highest BCUT2D eigenvalue weighted by Crippen LogP contribution is 2.18. The summed E-state index contributed by atoms with van der Waals surface area (Å²) < 4.78 is 3.76. The fourth-order valence-electron chi connectivity index (χ4n) is 2.20. The molecule has 0 saturated carbocycles. The van der Waals surface area contributed by atoms with Crippen LogP contribution in [0.5, 0.6) is 0 Å². The lowest BCUT2D eigenvalue weighted by Crippen LogP contribution is -2.17. The summed E-state index contributed by atoms with van der Waals surface area (Å²) in [5.41, 5.74) is 3.16. The fraction of sp³-hybridized carbons (Fsp3) is 0.385. The van der Waals surface area contributed by atoms with Crippen LogP contribution >= 0.6 is 22.9 Å². The molecule has 106 valence electrons. The molecule has 1 N–H and O–H groups in total. The first-order valence-electron chi connectivity index (χ1n) is 6.45. The number of nitrogens with one attached hydrogen (secondary N) is 1. The summed E-state index contributed by atoms with van der Waals surface area (Å²) in [5, 5.41) is 10.4. The molecule has 0 aliphatic heterocycles. The number of imidazole rings is 1. The number of fused-ring (bicyclic) bond motifs is 1. The van der Waals surface area contributed by atoms with E-state index < -0.39 is 0 Å². The average Bonchev–Trinajstić information content (AvgIpc) is 3.03. The molecule has 0 aliphatic rings. The van der Waals surface area contributed by atoms with E-state index in [4.69, 9.17) is 11.6 Å². The number of aryl methyl sites for hydroxylation is 2. The van der Waals surface area contributed by atoms with Gasteiger partial charge in [0.25, 0.3) is 0 Å². The number of aromatic nitrogens is 4. The number of nitrogens with zero attached hydrogens (tertiary/aromatic N) is 4. The zero-order valence-corrected chi connectivity index (χ0v) is 13.0. The Bertz CT molecular complexity index is 698. The molecule has 20 heavy (non-hydrogen) atoms. The Kier molecular flexibility index (Phi) is 3.78. The van der Waals surface area contributed by atoms with Gasteiger partial charge in [-0.05, 0) is 6.92 Å². The molecule has 5 nitrogen and oxygen atoms in total. The smallest absolute Gasteiger partial charge is 0.193 e. The third kappa shape index (κ3) is 2.59. The van der Waals surface area contributed by atoms with Gasteiger partial charge in [0.05, 0.1) is 11.4 Å². The molecule has 0 aliphatic carbocycles. The van der Waals surface area contributed by atoms with Gasteiger partial charge < -0.3 is 5.32 Å². The predicted octanol–water partition coefficient (Wildman–Crippen LogP) is 2.42. The molecule has 0 atom stereocenters. The summed E-state index contributed by atoms with van der Waals surface area (Å²) in [6.45, 7) is 3.59. The standard InChI is InChI=1S/C13H16ClN5S/c1-9-11(12(14)18(2)17-9)7-15-4-3-10-8-19-5-6-20-13(19)16-10/h5-6,8,15H,3-4,7H2,1-2H3. The Hall–Kier alpha value is -1.37. The van der Waals surface area contributed by atoms with E-state index in [1.807, 2.05) is 25.5 Å². The van der Waals surface area contributed by atoms with Crippen LogP contribution in [0.15, 0.2) is 17.8 Å². The van der Waals surface area contributed by atoms with Crippen molar-refractivity contribution in [2.24, 2.45) is 7.05 Å². The highest BCUT2D eigenvalue weighted by atomic mass is 35.5. The van der Waals surface area contributed by atoms with E-state index in [0.29, 0.717) is 5.15 Å². The Morgan fingerprint density at radius 3 is 3.00 bits per heavy atom. The third-order valence-corrected chi connectivity index (χ3v) is 4.52. The molecule has 3 heterocycles. The molecule has 0 fully saturated rings. The van der Waals surface area contributed by atoms with E-state index in [0.717, 1.165) is 41.4 Å². The van der Waals surface area contributed by atoms with Crippen molar-refractivity contribution in [1.29, 1.82) is 0 Å². The van der Waals surface area contributed by atoms with Crippen molar-refractivity contribution >= 4 is 27.9 Å². The van der Waals surface area contributed by atoms with E-state index in [9.17, 15) is 0 Å². The lowest BCUT2D eigenvalue weighted by atomic mass is 10.2. The van der Waals surface area contributed by atoms with Gasteiger partial charge in [0.15, 0.2) is 4.96 Å². The summed E-state index contributed by atoms with van der Waals surface area (Å²) in [4.78, 5) is 5.60. The summed E-state index contributed by atoms with van der Waals surface area (Å²) in [6, 6.07) is 0. The lowest BCUT2D eigenvalue weighted by molar-refractivity contribution is 0.679. The van der Waals surface area contributed by atoms with Gasteiger partial charge >= 0.3 is 0 Å². The van der Waals surface area contributed by atoms with Gasteiger partial charge in [-0.15, -0.1) is 11.3 Å². The van der Waals surface area contributed by atoms with E-state index in [1.165, 1.54) is 0 Å². The van der Waals surface area contributed by atoms with Crippen LogP contribution in [0.1, 0.15) is 17.0 Å². The maximum absolute atomic E-state index is 6.19. The van der Waals surface area contributed by atoms with E-state index in [2.05, 4.69) is 26.0 Å².